The maximum Gasteiger partial charge on any atom is 0.207 e. The molecule has 1 nitrogen and oxygen atoms in total. The predicted octanol–water partition coefficient (Wildman–Crippen LogP) is 2.49. The molecule has 0 aliphatic heterocycles. The van der Waals surface area contributed by atoms with Gasteiger partial charge in [-0.05, 0) is 29.5 Å². The molecule has 0 heterocycles. The molecule has 0 aromatic heterocycles. The number of halogens is 6. The molecule has 0 bridgehead atoms. The van der Waals surface area contributed by atoms with E-state index in [1.807, 2.05) is 0 Å². The van der Waals surface area contributed by atoms with Gasteiger partial charge in [-0.25, -0.2) is 26.3 Å². The van der Waals surface area contributed by atoms with Crippen molar-refractivity contribution in [2.75, 3.05) is 7.11 Å². The third-order valence-electron chi connectivity index (χ3n) is 3.04. The molecule has 0 amide bonds. The summed E-state index contributed by atoms with van der Waals surface area (Å²) in [4.78, 5) is 0. The van der Waals surface area contributed by atoms with Crippen LogP contribution in [0.1, 0.15) is 5.56 Å². The SMILES string of the molecule is COc1cc(F)c(F)c([B]c2c(F)cc(C)c(F)c2F)c1F. The summed E-state index contributed by atoms with van der Waals surface area (Å²) in [5.74, 6) is -9.38. The van der Waals surface area contributed by atoms with Gasteiger partial charge in [-0.3, -0.25) is 0 Å². The summed E-state index contributed by atoms with van der Waals surface area (Å²) in [6, 6.07) is 1.11. The lowest BCUT2D eigenvalue weighted by atomic mass is 9.62. The first-order chi connectivity index (χ1) is 10.3. The third-order valence-corrected chi connectivity index (χ3v) is 3.04. The van der Waals surface area contributed by atoms with Crippen LogP contribution in [0.2, 0.25) is 0 Å². The average Bonchev–Trinajstić information content (AvgIpc) is 2.48. The summed E-state index contributed by atoms with van der Waals surface area (Å²) in [5, 5.41) is 0. The molecule has 0 spiro atoms. The van der Waals surface area contributed by atoms with Gasteiger partial charge in [-0.2, -0.15) is 0 Å². The van der Waals surface area contributed by atoms with Gasteiger partial charge in [-0.1, -0.05) is 0 Å². The highest BCUT2D eigenvalue weighted by Gasteiger charge is 2.25. The van der Waals surface area contributed by atoms with E-state index in [2.05, 4.69) is 4.74 Å². The van der Waals surface area contributed by atoms with Crippen molar-refractivity contribution in [1.29, 1.82) is 0 Å². The molecule has 0 aliphatic carbocycles. The highest BCUT2D eigenvalue weighted by molar-refractivity contribution is 6.67. The van der Waals surface area contributed by atoms with Crippen LogP contribution < -0.4 is 15.7 Å². The van der Waals surface area contributed by atoms with Crippen LogP contribution in [0, 0.1) is 41.8 Å². The molecule has 0 unspecified atom stereocenters. The van der Waals surface area contributed by atoms with Crippen molar-refractivity contribution in [3.8, 4) is 5.75 Å². The van der Waals surface area contributed by atoms with Gasteiger partial charge >= 0.3 is 0 Å². The van der Waals surface area contributed by atoms with Crippen molar-refractivity contribution in [3.05, 3.63) is 52.6 Å². The molecular weight excluding hydrogens is 309 g/mol. The molecule has 22 heavy (non-hydrogen) atoms. The fourth-order valence-corrected chi connectivity index (χ4v) is 1.88. The zero-order chi connectivity index (χ0) is 16.6. The predicted molar refractivity (Wildman–Crippen MR) is 68.9 cm³/mol. The highest BCUT2D eigenvalue weighted by atomic mass is 19.2. The van der Waals surface area contributed by atoms with Crippen molar-refractivity contribution >= 4 is 18.2 Å². The lowest BCUT2D eigenvalue weighted by Crippen LogP contribution is -2.38. The van der Waals surface area contributed by atoms with E-state index in [0.29, 0.717) is 19.4 Å². The molecule has 0 fully saturated rings. The molecule has 8 heteroatoms. The van der Waals surface area contributed by atoms with E-state index in [1.165, 1.54) is 0 Å². The summed E-state index contributed by atoms with van der Waals surface area (Å²) >= 11 is 0. The van der Waals surface area contributed by atoms with Crippen LogP contribution in [0.5, 0.6) is 5.75 Å². The van der Waals surface area contributed by atoms with Gasteiger partial charge in [0.2, 0.25) is 7.28 Å². The van der Waals surface area contributed by atoms with Crippen molar-refractivity contribution < 1.29 is 31.1 Å². The first-order valence-electron chi connectivity index (χ1n) is 5.98. The van der Waals surface area contributed by atoms with Crippen molar-refractivity contribution in [1.82, 2.24) is 0 Å². The Kier molecular flexibility index (Phi) is 4.39. The van der Waals surface area contributed by atoms with Crippen molar-refractivity contribution in [3.63, 3.8) is 0 Å². The van der Waals surface area contributed by atoms with Gasteiger partial charge in [0, 0.05) is 6.07 Å². The minimum atomic E-state index is -1.67. The van der Waals surface area contributed by atoms with Crippen LogP contribution in [0.15, 0.2) is 12.1 Å². The molecule has 0 saturated heterocycles. The Hall–Kier alpha value is -2.12. The van der Waals surface area contributed by atoms with E-state index in [9.17, 15) is 26.3 Å². The summed E-state index contributed by atoms with van der Waals surface area (Å²) in [7, 11) is 1.36. The lowest BCUT2D eigenvalue weighted by molar-refractivity contribution is 0.379. The van der Waals surface area contributed by atoms with E-state index in [4.69, 9.17) is 0 Å². The topological polar surface area (TPSA) is 9.23 Å². The summed E-state index contributed by atoms with van der Waals surface area (Å²) in [6.45, 7) is 1.12. The largest absolute Gasteiger partial charge is 0.494 e. The Balaban J connectivity index is 2.62. The lowest BCUT2D eigenvalue weighted by Gasteiger charge is -2.11. The van der Waals surface area contributed by atoms with Gasteiger partial charge < -0.3 is 4.74 Å². The zero-order valence-corrected chi connectivity index (χ0v) is 11.4. The van der Waals surface area contributed by atoms with Crippen LogP contribution in [-0.4, -0.2) is 14.4 Å². The van der Waals surface area contributed by atoms with Gasteiger partial charge in [0.1, 0.15) is 5.82 Å². The summed E-state index contributed by atoms with van der Waals surface area (Å²) in [6.07, 6.45) is 0. The second-order valence-corrected chi connectivity index (χ2v) is 4.46. The van der Waals surface area contributed by atoms with Gasteiger partial charge in [0.25, 0.3) is 0 Å². The molecule has 0 aliphatic rings. The Morgan fingerprint density at radius 2 is 1.41 bits per heavy atom. The Morgan fingerprint density at radius 1 is 0.773 bits per heavy atom. The summed E-state index contributed by atoms with van der Waals surface area (Å²) in [5.41, 5.74) is -2.41. The number of hydrogen-bond donors (Lipinski definition) is 0. The monoisotopic (exact) mass is 317 g/mol. The molecular formula is C14H8BF6O. The molecule has 2 rings (SSSR count). The third kappa shape index (κ3) is 2.65. The number of rotatable bonds is 3. The average molecular weight is 317 g/mol. The quantitative estimate of drug-likeness (QED) is 0.480. The molecule has 2 aromatic rings. The fraction of sp³-hybridized carbons (Fsp3) is 0.143. The van der Waals surface area contributed by atoms with E-state index in [1.54, 1.807) is 0 Å². The molecule has 115 valence electrons. The molecule has 0 atom stereocenters. The first kappa shape index (κ1) is 16.3. The fourth-order valence-electron chi connectivity index (χ4n) is 1.88. The second-order valence-electron chi connectivity index (χ2n) is 4.46. The normalized spacial score (nSPS) is 10.7. The zero-order valence-electron chi connectivity index (χ0n) is 11.4. The van der Waals surface area contributed by atoms with E-state index in [0.717, 1.165) is 14.0 Å². The molecule has 0 N–H and O–H groups in total. The second kappa shape index (κ2) is 5.94. The maximum atomic E-state index is 13.9. The van der Waals surface area contributed by atoms with E-state index >= 15 is 0 Å². The number of methoxy groups -OCH3 is 1. The van der Waals surface area contributed by atoms with Crippen LogP contribution in [0.3, 0.4) is 0 Å². The Bertz CT molecular complexity index is 747. The standard InChI is InChI=1S/C14H8BF6O/c1-5-3-6(16)9(14(21)11(5)18)15-10-12(19)7(17)4-8(22-2)13(10)20/h3-4H,1-2H3. The van der Waals surface area contributed by atoms with Gasteiger partial charge in [-0.15, -0.1) is 0 Å². The number of aryl methyl sites for hydroxylation is 1. The van der Waals surface area contributed by atoms with Crippen LogP contribution >= 0.6 is 0 Å². The van der Waals surface area contributed by atoms with Gasteiger partial charge in [0.05, 0.1) is 7.11 Å². The van der Waals surface area contributed by atoms with Crippen LogP contribution in [0.4, 0.5) is 26.3 Å². The van der Waals surface area contributed by atoms with E-state index < -0.39 is 51.6 Å². The number of hydrogen-bond acceptors (Lipinski definition) is 1. The minimum Gasteiger partial charge on any atom is -0.494 e. The van der Waals surface area contributed by atoms with Gasteiger partial charge in [0.15, 0.2) is 34.8 Å². The Morgan fingerprint density at radius 3 is 2.00 bits per heavy atom. The summed E-state index contributed by atoms with van der Waals surface area (Å²) < 4.78 is 86.4. The molecule has 2 aromatic carbocycles. The van der Waals surface area contributed by atoms with Crippen molar-refractivity contribution in [2.24, 2.45) is 0 Å². The Labute approximate surface area is 122 Å². The minimum absolute atomic E-state index is 0.315. The van der Waals surface area contributed by atoms with Crippen LogP contribution in [0.25, 0.3) is 0 Å². The molecule has 1 radical (unpaired) electrons. The molecule has 0 saturated carbocycles. The number of ether oxygens (including phenoxy) is 1. The highest BCUT2D eigenvalue weighted by Crippen LogP contribution is 2.19. The smallest absolute Gasteiger partial charge is 0.207 e. The van der Waals surface area contributed by atoms with Crippen molar-refractivity contribution in [2.45, 2.75) is 6.92 Å². The first-order valence-corrected chi connectivity index (χ1v) is 5.98. The maximum absolute atomic E-state index is 13.9. The van der Waals surface area contributed by atoms with E-state index in [-0.39, 0.29) is 5.56 Å². The van der Waals surface area contributed by atoms with Crippen LogP contribution in [-0.2, 0) is 0 Å². The number of benzene rings is 2.